The normalized spacial score (nSPS) is 17.2. The molecule has 1 fully saturated rings. The number of nitrogens with zero attached hydrogens (tertiary/aromatic N) is 2. The predicted octanol–water partition coefficient (Wildman–Crippen LogP) is 2.37. The van der Waals surface area contributed by atoms with Gasteiger partial charge in [-0.05, 0) is 57.0 Å². The highest BCUT2D eigenvalue weighted by Crippen LogP contribution is 2.27. The number of piperidine rings is 1. The second-order valence-electron chi connectivity index (χ2n) is 6.55. The maximum atomic E-state index is 5.98. The van der Waals surface area contributed by atoms with Crippen molar-refractivity contribution in [1.29, 1.82) is 0 Å². The number of likely N-dealkylation sites (tertiary alicyclic amines) is 1. The molecule has 1 aliphatic rings. The first-order valence-electron chi connectivity index (χ1n) is 9.12. The number of guanidine groups is 1. The number of ether oxygens (including phenoxy) is 2. The van der Waals surface area contributed by atoms with E-state index in [2.05, 4.69) is 22.1 Å². The first kappa shape index (κ1) is 19.4. The summed E-state index contributed by atoms with van der Waals surface area (Å²) in [6.45, 7) is 6.11. The second-order valence-corrected chi connectivity index (χ2v) is 6.55. The van der Waals surface area contributed by atoms with E-state index in [1.807, 2.05) is 18.2 Å². The summed E-state index contributed by atoms with van der Waals surface area (Å²) >= 11 is 0. The molecule has 0 aliphatic carbocycles. The van der Waals surface area contributed by atoms with Gasteiger partial charge in [0, 0.05) is 12.6 Å². The van der Waals surface area contributed by atoms with Crippen molar-refractivity contribution in [3.63, 3.8) is 0 Å². The van der Waals surface area contributed by atoms with Crippen molar-refractivity contribution >= 4 is 5.96 Å². The van der Waals surface area contributed by atoms with Gasteiger partial charge in [-0.1, -0.05) is 12.5 Å². The molecule has 1 aromatic rings. The van der Waals surface area contributed by atoms with E-state index < -0.39 is 0 Å². The topological polar surface area (TPSA) is 72.1 Å². The Kier molecular flexibility index (Phi) is 7.85. The molecule has 6 nitrogen and oxygen atoms in total. The summed E-state index contributed by atoms with van der Waals surface area (Å²) < 4.78 is 10.5. The third-order valence-corrected chi connectivity index (χ3v) is 4.76. The summed E-state index contributed by atoms with van der Waals surface area (Å²) in [6.07, 6.45) is 5.10. The molecule has 1 atom stereocenters. The van der Waals surface area contributed by atoms with Crippen molar-refractivity contribution in [2.75, 3.05) is 33.9 Å². The molecule has 6 heteroatoms. The fourth-order valence-electron chi connectivity index (χ4n) is 3.16. The molecule has 1 unspecified atom stereocenters. The third kappa shape index (κ3) is 6.12. The lowest BCUT2D eigenvalue weighted by Gasteiger charge is -2.32. The van der Waals surface area contributed by atoms with Gasteiger partial charge in [-0.15, -0.1) is 0 Å². The fraction of sp³-hybridized carbons (Fsp3) is 0.632. The van der Waals surface area contributed by atoms with E-state index in [-0.39, 0.29) is 0 Å². The van der Waals surface area contributed by atoms with Crippen molar-refractivity contribution in [2.24, 2.45) is 10.7 Å². The lowest BCUT2D eigenvalue weighted by Crippen LogP contribution is -2.40. The molecular weight excluding hydrogens is 316 g/mol. The smallest absolute Gasteiger partial charge is 0.188 e. The second kappa shape index (κ2) is 10.1. The maximum absolute atomic E-state index is 5.98. The molecule has 140 valence electrons. The molecule has 1 saturated heterocycles. The Morgan fingerprint density at radius 2 is 1.92 bits per heavy atom. The van der Waals surface area contributed by atoms with E-state index >= 15 is 0 Å². The van der Waals surface area contributed by atoms with E-state index in [0.717, 1.165) is 18.5 Å². The van der Waals surface area contributed by atoms with Crippen molar-refractivity contribution < 1.29 is 9.47 Å². The van der Waals surface area contributed by atoms with Crippen LogP contribution in [0, 0.1) is 0 Å². The summed E-state index contributed by atoms with van der Waals surface area (Å²) in [4.78, 5) is 6.98. The molecule has 25 heavy (non-hydrogen) atoms. The van der Waals surface area contributed by atoms with Gasteiger partial charge in [0.15, 0.2) is 17.5 Å². The van der Waals surface area contributed by atoms with Gasteiger partial charge < -0.3 is 25.4 Å². The maximum Gasteiger partial charge on any atom is 0.188 e. The van der Waals surface area contributed by atoms with Gasteiger partial charge in [-0.2, -0.15) is 0 Å². The summed E-state index contributed by atoms with van der Waals surface area (Å²) in [5.41, 5.74) is 7.01. The van der Waals surface area contributed by atoms with Crippen LogP contribution in [0.3, 0.4) is 0 Å². The van der Waals surface area contributed by atoms with E-state index in [0.29, 0.717) is 30.0 Å². The van der Waals surface area contributed by atoms with Gasteiger partial charge in [-0.25, -0.2) is 4.99 Å². The molecule has 3 N–H and O–H groups in total. The van der Waals surface area contributed by atoms with Crippen LogP contribution < -0.4 is 20.5 Å². The Bertz CT molecular complexity index is 556. The Morgan fingerprint density at radius 1 is 1.20 bits per heavy atom. The van der Waals surface area contributed by atoms with E-state index in [9.17, 15) is 0 Å². The van der Waals surface area contributed by atoms with Crippen LogP contribution in [0.1, 0.15) is 38.2 Å². The molecule has 1 aliphatic heterocycles. The van der Waals surface area contributed by atoms with Crippen molar-refractivity contribution in [3.8, 4) is 11.5 Å². The first-order valence-corrected chi connectivity index (χ1v) is 9.12. The predicted molar refractivity (Wildman–Crippen MR) is 102 cm³/mol. The summed E-state index contributed by atoms with van der Waals surface area (Å²) in [6, 6.07) is 6.37. The van der Waals surface area contributed by atoms with Gasteiger partial charge in [0.05, 0.1) is 20.8 Å². The molecular formula is C19H32N4O2. The minimum absolute atomic E-state index is 0.487. The number of nitrogens with two attached hydrogens (primary N) is 1. The molecule has 0 radical (unpaired) electrons. The third-order valence-electron chi connectivity index (χ3n) is 4.76. The van der Waals surface area contributed by atoms with Crippen molar-refractivity contribution in [3.05, 3.63) is 23.8 Å². The summed E-state index contributed by atoms with van der Waals surface area (Å²) in [5, 5.41) is 3.22. The standard InChI is InChI=1S/C19H32N4O2/c1-15(23-11-5-4-6-12-23)9-10-21-19(20)22-14-16-7-8-17(24-2)18(13-16)25-3/h7-8,13,15H,4-6,9-12,14H2,1-3H3,(H3,20,21,22). The zero-order valence-corrected chi connectivity index (χ0v) is 15.8. The molecule has 0 saturated carbocycles. The van der Waals surface area contributed by atoms with Gasteiger partial charge >= 0.3 is 0 Å². The largest absolute Gasteiger partial charge is 0.493 e. The zero-order valence-electron chi connectivity index (χ0n) is 15.8. The minimum atomic E-state index is 0.487. The Balaban J connectivity index is 1.75. The van der Waals surface area contributed by atoms with Crippen LogP contribution in [0.15, 0.2) is 23.2 Å². The number of nitrogens with one attached hydrogen (secondary N) is 1. The molecule has 1 heterocycles. The van der Waals surface area contributed by atoms with Crippen molar-refractivity contribution in [2.45, 2.75) is 45.2 Å². The van der Waals surface area contributed by atoms with Crippen LogP contribution in [0.5, 0.6) is 11.5 Å². The monoisotopic (exact) mass is 348 g/mol. The molecule has 2 rings (SSSR count). The van der Waals surface area contributed by atoms with E-state index in [1.165, 1.54) is 32.4 Å². The highest BCUT2D eigenvalue weighted by Gasteiger charge is 2.15. The molecule has 0 amide bonds. The van der Waals surface area contributed by atoms with Crippen molar-refractivity contribution in [1.82, 2.24) is 10.2 Å². The van der Waals surface area contributed by atoms with Crippen LogP contribution in [-0.2, 0) is 6.54 Å². The molecule has 0 spiro atoms. The summed E-state index contributed by atoms with van der Waals surface area (Å²) in [7, 11) is 3.26. The number of hydrogen-bond acceptors (Lipinski definition) is 4. The average molecular weight is 348 g/mol. The van der Waals surface area contributed by atoms with Crippen LogP contribution in [0.2, 0.25) is 0 Å². The number of rotatable bonds is 8. The highest BCUT2D eigenvalue weighted by molar-refractivity contribution is 5.77. The Hall–Kier alpha value is -1.95. The Morgan fingerprint density at radius 3 is 2.60 bits per heavy atom. The van der Waals surface area contributed by atoms with Gasteiger partial charge in [0.2, 0.25) is 0 Å². The van der Waals surface area contributed by atoms with Gasteiger partial charge in [0.25, 0.3) is 0 Å². The quantitative estimate of drug-likeness (QED) is 0.557. The number of hydrogen-bond donors (Lipinski definition) is 2. The number of methoxy groups -OCH3 is 2. The fourth-order valence-corrected chi connectivity index (χ4v) is 3.16. The first-order chi connectivity index (χ1) is 12.1. The average Bonchev–Trinajstić information content (AvgIpc) is 2.66. The van der Waals surface area contributed by atoms with Crippen LogP contribution in [0.25, 0.3) is 0 Å². The van der Waals surface area contributed by atoms with Crippen LogP contribution in [-0.4, -0.2) is 50.8 Å². The lowest BCUT2D eigenvalue weighted by atomic mass is 10.1. The number of benzene rings is 1. The summed E-state index contributed by atoms with van der Waals surface area (Å²) in [5.74, 6) is 1.91. The van der Waals surface area contributed by atoms with Crippen LogP contribution in [0.4, 0.5) is 0 Å². The minimum Gasteiger partial charge on any atom is -0.493 e. The number of aliphatic imine (C=N–C) groups is 1. The molecule has 0 bridgehead atoms. The Labute approximate surface area is 151 Å². The zero-order chi connectivity index (χ0) is 18.1. The SMILES string of the molecule is COc1ccc(CN=C(N)NCCC(C)N2CCCCC2)cc1OC. The lowest BCUT2D eigenvalue weighted by molar-refractivity contribution is 0.167. The van der Waals surface area contributed by atoms with Gasteiger partial charge in [0.1, 0.15) is 0 Å². The highest BCUT2D eigenvalue weighted by atomic mass is 16.5. The van der Waals surface area contributed by atoms with Crippen LogP contribution >= 0.6 is 0 Å². The van der Waals surface area contributed by atoms with Gasteiger partial charge in [-0.3, -0.25) is 0 Å². The van der Waals surface area contributed by atoms with E-state index in [4.69, 9.17) is 15.2 Å². The molecule has 1 aromatic carbocycles. The van der Waals surface area contributed by atoms with E-state index in [1.54, 1.807) is 14.2 Å². The molecule has 0 aromatic heterocycles.